The minimum Gasteiger partial charge on any atom is -0.314 e. The van der Waals surface area contributed by atoms with E-state index in [-0.39, 0.29) is 10.7 Å². The normalized spacial score (nSPS) is 16.3. The third-order valence-corrected chi connectivity index (χ3v) is 4.32. The lowest BCUT2D eigenvalue weighted by Gasteiger charge is -2.26. The van der Waals surface area contributed by atoms with E-state index in [1.807, 2.05) is 13.8 Å². The van der Waals surface area contributed by atoms with Crippen molar-refractivity contribution in [2.75, 3.05) is 26.2 Å². The first-order valence-corrected chi connectivity index (χ1v) is 7.56. The fourth-order valence-corrected chi connectivity index (χ4v) is 2.89. The van der Waals surface area contributed by atoms with Crippen LogP contribution in [0.25, 0.3) is 0 Å². The molecule has 8 heteroatoms. The van der Waals surface area contributed by atoms with E-state index in [4.69, 9.17) is 0 Å². The summed E-state index contributed by atoms with van der Waals surface area (Å²) < 4.78 is 25.6. The minimum absolute atomic E-state index is 0.0185. The van der Waals surface area contributed by atoms with Gasteiger partial charge in [-0.05, 0) is 0 Å². The van der Waals surface area contributed by atoms with Crippen molar-refractivity contribution in [3.63, 3.8) is 0 Å². The van der Waals surface area contributed by atoms with Gasteiger partial charge in [-0.3, -0.25) is 4.79 Å². The maximum Gasteiger partial charge on any atom is 0.246 e. The zero-order chi connectivity index (χ0) is 14.3. The van der Waals surface area contributed by atoms with Gasteiger partial charge in [-0.15, -0.1) is 0 Å². The third-order valence-electron chi connectivity index (χ3n) is 2.47. The monoisotopic (exact) mass is 286 g/mol. The molecule has 19 heavy (non-hydrogen) atoms. The lowest BCUT2D eigenvalue weighted by Crippen LogP contribution is -2.46. The van der Waals surface area contributed by atoms with Gasteiger partial charge in [0.1, 0.15) is 4.90 Å². The van der Waals surface area contributed by atoms with Gasteiger partial charge in [0.15, 0.2) is 12.1 Å². The fraction of sp³-hybridized carbons (Fsp3) is 0.545. The molecule has 1 N–H and O–H groups in total. The van der Waals surface area contributed by atoms with Crippen LogP contribution in [0.15, 0.2) is 17.3 Å². The lowest BCUT2D eigenvalue weighted by atomic mass is 10.4. The molecule has 7 nitrogen and oxygen atoms in total. The minimum atomic E-state index is -3.53. The summed E-state index contributed by atoms with van der Waals surface area (Å²) in [5.74, 6) is -0.0238. The highest BCUT2D eigenvalue weighted by atomic mass is 32.2. The summed E-state index contributed by atoms with van der Waals surface area (Å²) >= 11 is 0. The second kappa shape index (κ2) is 7.27. The molecule has 0 aromatic carbocycles. The highest BCUT2D eigenvalue weighted by molar-refractivity contribution is 7.89. The molecule has 1 aromatic rings. The summed E-state index contributed by atoms with van der Waals surface area (Å²) in [6.07, 6.45) is 2.80. The molecule has 2 rings (SSSR count). The number of nitrogens with one attached hydrogen (secondary N) is 1. The Bertz CT molecular complexity index is 495. The average Bonchev–Trinajstić information content (AvgIpc) is 2.50. The Balaban J connectivity index is 0.000000861. The van der Waals surface area contributed by atoms with Crippen LogP contribution in [-0.2, 0) is 10.0 Å². The van der Waals surface area contributed by atoms with Crippen LogP contribution in [0, 0.1) is 0 Å². The van der Waals surface area contributed by atoms with Crippen LogP contribution in [0.4, 0.5) is 0 Å². The number of nitrogens with zero attached hydrogens (tertiary/aromatic N) is 3. The number of carbonyl (C=O) groups is 1. The number of aldehydes is 1. The van der Waals surface area contributed by atoms with Crippen LogP contribution in [-0.4, -0.2) is 55.2 Å². The highest BCUT2D eigenvalue weighted by Crippen LogP contribution is 2.13. The van der Waals surface area contributed by atoms with Crippen molar-refractivity contribution in [3.8, 4) is 0 Å². The van der Waals surface area contributed by atoms with Gasteiger partial charge < -0.3 is 5.32 Å². The summed E-state index contributed by atoms with van der Waals surface area (Å²) in [6, 6.07) is 0. The van der Waals surface area contributed by atoms with Crippen molar-refractivity contribution in [2.45, 2.75) is 18.7 Å². The van der Waals surface area contributed by atoms with E-state index in [0.717, 1.165) is 12.4 Å². The molecule has 0 spiro atoms. The SMILES string of the molecule is CC.O=Cc1ncc(S(=O)(=O)N2CCNCC2)cn1. The smallest absolute Gasteiger partial charge is 0.246 e. The molecule has 1 aromatic heterocycles. The van der Waals surface area contributed by atoms with Crippen LogP contribution in [0.1, 0.15) is 24.5 Å². The molecule has 0 amide bonds. The first-order valence-electron chi connectivity index (χ1n) is 6.12. The van der Waals surface area contributed by atoms with E-state index >= 15 is 0 Å². The molecular weight excluding hydrogens is 268 g/mol. The van der Waals surface area contributed by atoms with Crippen molar-refractivity contribution in [1.82, 2.24) is 19.6 Å². The van der Waals surface area contributed by atoms with Gasteiger partial charge in [0.05, 0.1) is 12.4 Å². The van der Waals surface area contributed by atoms with Crippen LogP contribution in [0.5, 0.6) is 0 Å². The molecule has 1 fully saturated rings. The zero-order valence-electron chi connectivity index (χ0n) is 11.0. The largest absolute Gasteiger partial charge is 0.314 e. The molecular formula is C11H18N4O3S. The van der Waals surface area contributed by atoms with Crippen molar-refractivity contribution in [3.05, 3.63) is 18.2 Å². The summed E-state index contributed by atoms with van der Waals surface area (Å²) in [6.45, 7) is 6.12. The van der Waals surface area contributed by atoms with E-state index in [2.05, 4.69) is 15.3 Å². The van der Waals surface area contributed by atoms with Crippen molar-refractivity contribution in [2.24, 2.45) is 0 Å². The van der Waals surface area contributed by atoms with Crippen molar-refractivity contribution in [1.29, 1.82) is 0 Å². The highest BCUT2D eigenvalue weighted by Gasteiger charge is 2.26. The summed E-state index contributed by atoms with van der Waals surface area (Å²) in [7, 11) is -3.53. The van der Waals surface area contributed by atoms with Gasteiger partial charge in [0, 0.05) is 26.2 Å². The van der Waals surface area contributed by atoms with E-state index < -0.39 is 10.0 Å². The number of carbonyl (C=O) groups excluding carboxylic acids is 1. The van der Waals surface area contributed by atoms with Crippen LogP contribution in [0.2, 0.25) is 0 Å². The molecule has 0 saturated carbocycles. The molecule has 0 radical (unpaired) electrons. The summed E-state index contributed by atoms with van der Waals surface area (Å²) in [5, 5.41) is 3.07. The maximum atomic E-state index is 12.1. The fourth-order valence-electron chi connectivity index (χ4n) is 1.55. The van der Waals surface area contributed by atoms with Gasteiger partial charge in [-0.1, -0.05) is 13.8 Å². The van der Waals surface area contributed by atoms with E-state index in [0.29, 0.717) is 32.5 Å². The lowest BCUT2D eigenvalue weighted by molar-refractivity contribution is 0.111. The van der Waals surface area contributed by atoms with Gasteiger partial charge >= 0.3 is 0 Å². The number of rotatable bonds is 3. The molecule has 2 heterocycles. The number of aromatic nitrogens is 2. The second-order valence-corrected chi connectivity index (χ2v) is 5.49. The number of sulfonamides is 1. The Morgan fingerprint density at radius 1 is 1.21 bits per heavy atom. The van der Waals surface area contributed by atoms with Gasteiger partial charge in [0.2, 0.25) is 10.0 Å². The van der Waals surface area contributed by atoms with E-state index in [1.54, 1.807) is 0 Å². The van der Waals surface area contributed by atoms with Gasteiger partial charge in [-0.25, -0.2) is 18.4 Å². The third kappa shape index (κ3) is 3.79. The standard InChI is InChI=1S/C9H12N4O3S.C2H6/c14-7-9-11-5-8(6-12-9)17(15,16)13-3-1-10-2-4-13;1-2/h5-7,10H,1-4H2;1-2H3. The Morgan fingerprint density at radius 3 is 2.21 bits per heavy atom. The average molecular weight is 286 g/mol. The molecule has 1 saturated heterocycles. The first kappa shape index (κ1) is 15.7. The predicted octanol–water partition coefficient (Wildman–Crippen LogP) is -0.0908. The molecule has 0 atom stereocenters. The first-order chi connectivity index (χ1) is 9.14. The molecule has 0 unspecified atom stereocenters. The number of hydrogen-bond acceptors (Lipinski definition) is 6. The van der Waals surface area contributed by atoms with Crippen molar-refractivity contribution >= 4 is 16.3 Å². The quantitative estimate of drug-likeness (QED) is 0.781. The topological polar surface area (TPSA) is 92.3 Å². The van der Waals surface area contributed by atoms with Crippen LogP contribution in [0.3, 0.4) is 0 Å². The predicted molar refractivity (Wildman–Crippen MR) is 70.4 cm³/mol. The van der Waals surface area contributed by atoms with E-state index in [9.17, 15) is 13.2 Å². The molecule has 0 bridgehead atoms. The molecule has 106 valence electrons. The zero-order valence-corrected chi connectivity index (χ0v) is 11.9. The number of piperazine rings is 1. The van der Waals surface area contributed by atoms with Crippen molar-refractivity contribution < 1.29 is 13.2 Å². The molecule has 1 aliphatic heterocycles. The summed E-state index contributed by atoms with van der Waals surface area (Å²) in [4.78, 5) is 17.7. The number of hydrogen-bond donors (Lipinski definition) is 1. The Kier molecular flexibility index (Phi) is 6.00. The Hall–Kier alpha value is -1.38. The Morgan fingerprint density at radius 2 is 1.74 bits per heavy atom. The molecule has 0 aliphatic carbocycles. The van der Waals surface area contributed by atoms with Crippen LogP contribution >= 0.6 is 0 Å². The maximum absolute atomic E-state index is 12.1. The van der Waals surface area contributed by atoms with E-state index in [1.165, 1.54) is 4.31 Å². The Labute approximate surface area is 113 Å². The van der Waals surface area contributed by atoms with Gasteiger partial charge in [0.25, 0.3) is 0 Å². The van der Waals surface area contributed by atoms with Crippen LogP contribution < -0.4 is 5.32 Å². The molecule has 1 aliphatic rings. The summed E-state index contributed by atoms with van der Waals surface area (Å²) in [5.41, 5.74) is 0. The second-order valence-electron chi connectivity index (χ2n) is 3.55. The van der Waals surface area contributed by atoms with Gasteiger partial charge in [-0.2, -0.15) is 4.31 Å².